The fourth-order valence-electron chi connectivity index (χ4n) is 2.51. The highest BCUT2D eigenvalue weighted by atomic mass is 35.5. The molecule has 1 atom stereocenters. The van der Waals surface area contributed by atoms with Crippen molar-refractivity contribution >= 4 is 23.4 Å². The third-order valence-electron chi connectivity index (χ3n) is 3.94. The highest BCUT2D eigenvalue weighted by Crippen LogP contribution is 2.10. The van der Waals surface area contributed by atoms with Crippen LogP contribution in [0.4, 0.5) is 0 Å². The van der Waals surface area contributed by atoms with Gasteiger partial charge >= 0.3 is 0 Å². The van der Waals surface area contributed by atoms with Gasteiger partial charge in [0, 0.05) is 23.6 Å². The number of hydrogen-bond acceptors (Lipinski definition) is 3. The minimum absolute atomic E-state index is 0.201. The normalized spacial score (nSPS) is 11.6. The molecule has 4 N–H and O–H groups in total. The standard InChI is InChI=1S/C20H24ClN3O2/c21-17-10-8-16(9-11-17)19(25)24-18(14-15-6-2-1-3-7-15)20(26)23-13-5-4-12-22/h1-3,6-11,18H,4-5,12-14,22H2,(H,23,26)(H,24,25). The van der Waals surface area contributed by atoms with E-state index in [-0.39, 0.29) is 11.8 Å². The predicted octanol–water partition coefficient (Wildman–Crippen LogP) is 2.54. The van der Waals surface area contributed by atoms with E-state index < -0.39 is 6.04 Å². The van der Waals surface area contributed by atoms with Gasteiger partial charge in [-0.2, -0.15) is 0 Å². The summed E-state index contributed by atoms with van der Waals surface area (Å²) in [5.74, 6) is -0.507. The fraction of sp³-hybridized carbons (Fsp3) is 0.300. The Balaban J connectivity index is 2.05. The SMILES string of the molecule is NCCCCNC(=O)C(Cc1ccccc1)NC(=O)c1ccc(Cl)cc1. The van der Waals surface area contributed by atoms with Crippen LogP contribution in [0.15, 0.2) is 54.6 Å². The molecule has 0 spiro atoms. The van der Waals surface area contributed by atoms with E-state index in [0.717, 1.165) is 18.4 Å². The molecule has 138 valence electrons. The van der Waals surface area contributed by atoms with Crippen LogP contribution in [0.25, 0.3) is 0 Å². The summed E-state index contributed by atoms with van der Waals surface area (Å²) in [6.07, 6.45) is 2.08. The number of halogens is 1. The molecule has 0 heterocycles. The molecule has 0 saturated heterocycles. The maximum atomic E-state index is 12.6. The highest BCUT2D eigenvalue weighted by molar-refractivity contribution is 6.30. The lowest BCUT2D eigenvalue weighted by Gasteiger charge is -2.19. The van der Waals surface area contributed by atoms with Crippen molar-refractivity contribution in [2.24, 2.45) is 5.73 Å². The van der Waals surface area contributed by atoms with Crippen LogP contribution in [0.3, 0.4) is 0 Å². The van der Waals surface area contributed by atoms with Crippen molar-refractivity contribution in [2.45, 2.75) is 25.3 Å². The van der Waals surface area contributed by atoms with Crippen LogP contribution < -0.4 is 16.4 Å². The lowest BCUT2D eigenvalue weighted by molar-refractivity contribution is -0.122. The van der Waals surface area contributed by atoms with Gasteiger partial charge in [-0.25, -0.2) is 0 Å². The highest BCUT2D eigenvalue weighted by Gasteiger charge is 2.21. The Bertz CT molecular complexity index is 705. The maximum absolute atomic E-state index is 12.6. The summed E-state index contributed by atoms with van der Waals surface area (Å²) in [5, 5.41) is 6.25. The molecule has 0 fully saturated rings. The van der Waals surface area contributed by atoms with Gasteiger partial charge in [0.15, 0.2) is 0 Å². The summed E-state index contributed by atoms with van der Waals surface area (Å²) in [6, 6.07) is 15.5. The first kappa shape index (κ1) is 19.9. The molecule has 2 rings (SSSR count). The Morgan fingerprint density at radius 3 is 2.35 bits per heavy atom. The van der Waals surface area contributed by atoms with Crippen LogP contribution in [-0.2, 0) is 11.2 Å². The van der Waals surface area contributed by atoms with Gasteiger partial charge in [-0.1, -0.05) is 41.9 Å². The van der Waals surface area contributed by atoms with Crippen molar-refractivity contribution in [3.05, 3.63) is 70.7 Å². The summed E-state index contributed by atoms with van der Waals surface area (Å²) in [7, 11) is 0. The molecule has 26 heavy (non-hydrogen) atoms. The first-order valence-electron chi connectivity index (χ1n) is 8.68. The largest absolute Gasteiger partial charge is 0.354 e. The fourth-order valence-corrected chi connectivity index (χ4v) is 2.63. The molecule has 0 aliphatic heterocycles. The Morgan fingerprint density at radius 1 is 1.00 bits per heavy atom. The van der Waals surface area contributed by atoms with Crippen molar-refractivity contribution in [2.75, 3.05) is 13.1 Å². The number of nitrogens with two attached hydrogens (primary N) is 1. The smallest absolute Gasteiger partial charge is 0.251 e. The summed E-state index contributed by atoms with van der Waals surface area (Å²) in [5.41, 5.74) is 6.91. The van der Waals surface area contributed by atoms with E-state index in [9.17, 15) is 9.59 Å². The van der Waals surface area contributed by atoms with Gasteiger partial charge in [0.2, 0.25) is 5.91 Å². The molecule has 5 nitrogen and oxygen atoms in total. The Kier molecular flexibility index (Phi) is 8.12. The minimum Gasteiger partial charge on any atom is -0.354 e. The lowest BCUT2D eigenvalue weighted by atomic mass is 10.0. The molecule has 0 bridgehead atoms. The summed E-state index contributed by atoms with van der Waals surface area (Å²) in [6.45, 7) is 1.13. The number of amides is 2. The second kappa shape index (κ2) is 10.6. The van der Waals surface area contributed by atoms with Crippen LogP contribution in [0.2, 0.25) is 5.02 Å². The molecule has 6 heteroatoms. The third-order valence-corrected chi connectivity index (χ3v) is 4.19. The molecule has 2 aromatic carbocycles. The third kappa shape index (κ3) is 6.50. The average Bonchev–Trinajstić information content (AvgIpc) is 2.66. The molecule has 0 aliphatic rings. The van der Waals surface area contributed by atoms with E-state index in [4.69, 9.17) is 17.3 Å². The Hall–Kier alpha value is -2.37. The minimum atomic E-state index is -0.654. The van der Waals surface area contributed by atoms with Crippen LogP contribution in [-0.4, -0.2) is 30.9 Å². The number of carbonyl (C=O) groups is 2. The molecule has 2 aromatic rings. The van der Waals surface area contributed by atoms with Crippen molar-refractivity contribution in [3.8, 4) is 0 Å². The second-order valence-corrected chi connectivity index (χ2v) is 6.45. The van der Waals surface area contributed by atoms with Crippen molar-refractivity contribution in [3.63, 3.8) is 0 Å². The van der Waals surface area contributed by atoms with E-state index >= 15 is 0 Å². The van der Waals surface area contributed by atoms with E-state index in [2.05, 4.69) is 10.6 Å². The van der Waals surface area contributed by atoms with E-state index in [1.807, 2.05) is 30.3 Å². The zero-order valence-electron chi connectivity index (χ0n) is 14.6. The molecule has 0 aromatic heterocycles. The zero-order valence-corrected chi connectivity index (χ0v) is 15.3. The quantitative estimate of drug-likeness (QED) is 0.590. The Labute approximate surface area is 158 Å². The van der Waals surface area contributed by atoms with Gasteiger partial charge in [-0.3, -0.25) is 9.59 Å². The monoisotopic (exact) mass is 373 g/mol. The van der Waals surface area contributed by atoms with Gasteiger partial charge in [0.25, 0.3) is 5.91 Å². The van der Waals surface area contributed by atoms with Crippen LogP contribution in [0.1, 0.15) is 28.8 Å². The van der Waals surface area contributed by atoms with Gasteiger partial charge in [-0.15, -0.1) is 0 Å². The zero-order chi connectivity index (χ0) is 18.8. The van der Waals surface area contributed by atoms with E-state index in [1.165, 1.54) is 0 Å². The molecular formula is C20H24ClN3O2. The van der Waals surface area contributed by atoms with Crippen LogP contribution in [0, 0.1) is 0 Å². The molecule has 1 unspecified atom stereocenters. The Morgan fingerprint density at radius 2 is 1.69 bits per heavy atom. The topological polar surface area (TPSA) is 84.2 Å². The number of unbranched alkanes of at least 4 members (excludes halogenated alkanes) is 1. The first-order valence-corrected chi connectivity index (χ1v) is 9.06. The van der Waals surface area contributed by atoms with Gasteiger partial charge in [0.05, 0.1) is 0 Å². The first-order chi connectivity index (χ1) is 12.6. The predicted molar refractivity (Wildman–Crippen MR) is 104 cm³/mol. The summed E-state index contributed by atoms with van der Waals surface area (Å²) >= 11 is 5.86. The number of nitrogens with one attached hydrogen (secondary N) is 2. The number of carbonyl (C=O) groups excluding carboxylic acids is 2. The van der Waals surface area contributed by atoms with Crippen LogP contribution >= 0.6 is 11.6 Å². The van der Waals surface area contributed by atoms with Crippen molar-refractivity contribution in [1.29, 1.82) is 0 Å². The summed E-state index contributed by atoms with van der Waals surface area (Å²) < 4.78 is 0. The lowest BCUT2D eigenvalue weighted by Crippen LogP contribution is -2.48. The maximum Gasteiger partial charge on any atom is 0.251 e. The average molecular weight is 374 g/mol. The molecule has 0 aliphatic carbocycles. The number of benzene rings is 2. The van der Waals surface area contributed by atoms with Crippen LogP contribution in [0.5, 0.6) is 0 Å². The van der Waals surface area contributed by atoms with Gasteiger partial charge in [0.1, 0.15) is 6.04 Å². The van der Waals surface area contributed by atoms with Crippen molar-refractivity contribution < 1.29 is 9.59 Å². The van der Waals surface area contributed by atoms with Crippen molar-refractivity contribution in [1.82, 2.24) is 10.6 Å². The molecule has 2 amide bonds. The molecule has 0 saturated carbocycles. The summed E-state index contributed by atoms with van der Waals surface area (Å²) in [4.78, 5) is 25.0. The number of rotatable bonds is 9. The van der Waals surface area contributed by atoms with E-state index in [0.29, 0.717) is 30.1 Å². The van der Waals surface area contributed by atoms with Gasteiger partial charge < -0.3 is 16.4 Å². The molecular weight excluding hydrogens is 350 g/mol. The number of hydrogen-bond donors (Lipinski definition) is 3. The molecule has 0 radical (unpaired) electrons. The van der Waals surface area contributed by atoms with Gasteiger partial charge in [-0.05, 0) is 49.2 Å². The second-order valence-electron chi connectivity index (χ2n) is 6.01. The van der Waals surface area contributed by atoms with E-state index in [1.54, 1.807) is 24.3 Å².